The van der Waals surface area contributed by atoms with Gasteiger partial charge in [0.1, 0.15) is 10.8 Å². The summed E-state index contributed by atoms with van der Waals surface area (Å²) in [5.41, 5.74) is 11.2. The molecule has 0 fully saturated rings. The van der Waals surface area contributed by atoms with Gasteiger partial charge in [-0.1, -0.05) is 23.7 Å². The Bertz CT molecular complexity index is 602. The number of hydrogen-bond donors (Lipinski definition) is 3. The van der Waals surface area contributed by atoms with E-state index in [1.165, 1.54) is 24.3 Å². The number of para-hydroxylation sites is 1. The Balaban J connectivity index is 2.47. The topological polar surface area (TPSA) is 64.1 Å². The second-order valence-corrected chi connectivity index (χ2v) is 4.04. The van der Waals surface area contributed by atoms with Crippen molar-refractivity contribution >= 4 is 34.4 Å². The summed E-state index contributed by atoms with van der Waals surface area (Å²) in [6, 6.07) is 7.15. The standard InChI is InChI=1S/C12H10ClF2N3/c13-10-7(16)5-8(17)12(11(10)15)18-9-4-2-1-3-6(9)14/h1-5,18H,16-17H2. The lowest BCUT2D eigenvalue weighted by molar-refractivity contribution is 0.626. The monoisotopic (exact) mass is 269 g/mol. The minimum Gasteiger partial charge on any atom is -0.397 e. The third kappa shape index (κ3) is 2.17. The Kier molecular flexibility index (Phi) is 3.25. The van der Waals surface area contributed by atoms with Crippen LogP contribution in [0, 0.1) is 11.6 Å². The Morgan fingerprint density at radius 3 is 2.39 bits per heavy atom. The molecular weight excluding hydrogens is 260 g/mol. The molecule has 2 rings (SSSR count). The number of nitrogens with one attached hydrogen (secondary N) is 1. The van der Waals surface area contributed by atoms with Gasteiger partial charge in [0.25, 0.3) is 0 Å². The molecule has 5 N–H and O–H groups in total. The SMILES string of the molecule is Nc1cc(N)c(Nc2ccccc2F)c(F)c1Cl. The van der Waals surface area contributed by atoms with Gasteiger partial charge in [0.15, 0.2) is 5.82 Å². The molecule has 2 aromatic rings. The summed E-state index contributed by atoms with van der Waals surface area (Å²) in [4.78, 5) is 0. The van der Waals surface area contributed by atoms with Gasteiger partial charge in [0.2, 0.25) is 0 Å². The van der Waals surface area contributed by atoms with Gasteiger partial charge in [0, 0.05) is 0 Å². The summed E-state index contributed by atoms with van der Waals surface area (Å²) >= 11 is 5.67. The molecule has 0 saturated carbocycles. The Morgan fingerprint density at radius 1 is 1.06 bits per heavy atom. The number of benzene rings is 2. The molecule has 2 aromatic carbocycles. The van der Waals surface area contributed by atoms with Crippen molar-refractivity contribution in [3.8, 4) is 0 Å². The van der Waals surface area contributed by atoms with Crippen LogP contribution in [-0.2, 0) is 0 Å². The molecular formula is C12H10ClF2N3. The van der Waals surface area contributed by atoms with E-state index < -0.39 is 11.6 Å². The van der Waals surface area contributed by atoms with Crippen LogP contribution in [0.25, 0.3) is 0 Å². The van der Waals surface area contributed by atoms with Crippen LogP contribution >= 0.6 is 11.6 Å². The number of rotatable bonds is 2. The van der Waals surface area contributed by atoms with Crippen LogP contribution in [0.4, 0.5) is 31.5 Å². The van der Waals surface area contributed by atoms with E-state index in [1.54, 1.807) is 6.07 Å². The van der Waals surface area contributed by atoms with E-state index in [0.29, 0.717) is 0 Å². The van der Waals surface area contributed by atoms with Crippen molar-refractivity contribution in [1.29, 1.82) is 0 Å². The maximum atomic E-state index is 13.9. The summed E-state index contributed by atoms with van der Waals surface area (Å²) in [6.45, 7) is 0. The number of nitrogen functional groups attached to an aromatic ring is 2. The Labute approximate surface area is 107 Å². The number of nitrogens with two attached hydrogens (primary N) is 2. The lowest BCUT2D eigenvalue weighted by Gasteiger charge is -2.13. The molecule has 0 aromatic heterocycles. The lowest BCUT2D eigenvalue weighted by atomic mass is 10.2. The molecule has 0 amide bonds. The minimum atomic E-state index is -0.808. The van der Waals surface area contributed by atoms with Crippen molar-refractivity contribution < 1.29 is 8.78 Å². The molecule has 0 aliphatic carbocycles. The fourth-order valence-corrected chi connectivity index (χ4v) is 1.64. The van der Waals surface area contributed by atoms with E-state index in [1.807, 2.05) is 0 Å². The molecule has 6 heteroatoms. The molecule has 0 unspecified atom stereocenters. The molecule has 0 aliphatic rings. The van der Waals surface area contributed by atoms with Crippen LogP contribution in [0.3, 0.4) is 0 Å². The molecule has 18 heavy (non-hydrogen) atoms. The van der Waals surface area contributed by atoms with E-state index in [4.69, 9.17) is 23.1 Å². The van der Waals surface area contributed by atoms with Crippen molar-refractivity contribution in [2.45, 2.75) is 0 Å². The van der Waals surface area contributed by atoms with E-state index in [2.05, 4.69) is 5.32 Å². The summed E-state index contributed by atoms with van der Waals surface area (Å²) in [6.07, 6.45) is 0. The number of hydrogen-bond acceptors (Lipinski definition) is 3. The third-order valence-electron chi connectivity index (χ3n) is 2.40. The average molecular weight is 270 g/mol. The first-order chi connectivity index (χ1) is 8.50. The highest BCUT2D eigenvalue weighted by Crippen LogP contribution is 2.35. The van der Waals surface area contributed by atoms with Gasteiger partial charge < -0.3 is 16.8 Å². The van der Waals surface area contributed by atoms with Gasteiger partial charge in [0.05, 0.1) is 22.7 Å². The summed E-state index contributed by atoms with van der Waals surface area (Å²) in [5, 5.41) is 2.31. The van der Waals surface area contributed by atoms with Gasteiger partial charge in [-0.3, -0.25) is 0 Å². The lowest BCUT2D eigenvalue weighted by Crippen LogP contribution is -2.03. The van der Waals surface area contributed by atoms with Crippen molar-refractivity contribution in [3.05, 3.63) is 47.0 Å². The summed E-state index contributed by atoms with van der Waals surface area (Å²) < 4.78 is 27.3. The first kappa shape index (κ1) is 12.4. The van der Waals surface area contributed by atoms with Crippen LogP contribution < -0.4 is 16.8 Å². The first-order valence-electron chi connectivity index (χ1n) is 5.05. The second-order valence-electron chi connectivity index (χ2n) is 3.66. The van der Waals surface area contributed by atoms with Gasteiger partial charge in [-0.05, 0) is 18.2 Å². The number of halogens is 3. The van der Waals surface area contributed by atoms with E-state index in [0.717, 1.165) is 0 Å². The quantitative estimate of drug-likeness (QED) is 0.731. The molecule has 94 valence electrons. The maximum absolute atomic E-state index is 13.9. The van der Waals surface area contributed by atoms with Crippen LogP contribution in [-0.4, -0.2) is 0 Å². The molecule has 3 nitrogen and oxygen atoms in total. The van der Waals surface area contributed by atoms with Gasteiger partial charge in [-0.15, -0.1) is 0 Å². The predicted molar refractivity (Wildman–Crippen MR) is 69.9 cm³/mol. The number of anilines is 4. The zero-order chi connectivity index (χ0) is 13.3. The zero-order valence-electron chi connectivity index (χ0n) is 9.18. The first-order valence-corrected chi connectivity index (χ1v) is 5.43. The Morgan fingerprint density at radius 2 is 1.72 bits per heavy atom. The van der Waals surface area contributed by atoms with Crippen molar-refractivity contribution in [3.63, 3.8) is 0 Å². The molecule has 0 spiro atoms. The third-order valence-corrected chi connectivity index (χ3v) is 2.78. The predicted octanol–water partition coefficient (Wildman–Crippen LogP) is 3.53. The minimum absolute atomic E-state index is 0.0331. The normalized spacial score (nSPS) is 10.4. The fraction of sp³-hybridized carbons (Fsp3) is 0. The summed E-state index contributed by atoms with van der Waals surface area (Å²) in [7, 11) is 0. The molecule has 0 radical (unpaired) electrons. The van der Waals surface area contributed by atoms with Gasteiger partial charge in [-0.2, -0.15) is 0 Å². The second kappa shape index (κ2) is 4.70. The van der Waals surface area contributed by atoms with Crippen molar-refractivity contribution in [2.24, 2.45) is 0 Å². The van der Waals surface area contributed by atoms with Gasteiger partial charge >= 0.3 is 0 Å². The van der Waals surface area contributed by atoms with Crippen LogP contribution in [0.15, 0.2) is 30.3 Å². The smallest absolute Gasteiger partial charge is 0.169 e. The van der Waals surface area contributed by atoms with Crippen LogP contribution in [0.1, 0.15) is 0 Å². The van der Waals surface area contributed by atoms with E-state index in [9.17, 15) is 8.78 Å². The molecule has 0 heterocycles. The highest BCUT2D eigenvalue weighted by molar-refractivity contribution is 6.33. The fourth-order valence-electron chi connectivity index (χ4n) is 1.49. The van der Waals surface area contributed by atoms with Crippen LogP contribution in [0.5, 0.6) is 0 Å². The largest absolute Gasteiger partial charge is 0.397 e. The average Bonchev–Trinajstić information content (AvgIpc) is 2.34. The van der Waals surface area contributed by atoms with Crippen molar-refractivity contribution in [2.75, 3.05) is 16.8 Å². The van der Waals surface area contributed by atoms with E-state index >= 15 is 0 Å². The summed E-state index contributed by atoms with van der Waals surface area (Å²) in [5.74, 6) is -1.33. The molecule has 0 atom stereocenters. The maximum Gasteiger partial charge on any atom is 0.169 e. The Hall–Kier alpha value is -2.01. The van der Waals surface area contributed by atoms with Crippen LogP contribution in [0.2, 0.25) is 5.02 Å². The highest BCUT2D eigenvalue weighted by atomic mass is 35.5. The molecule has 0 saturated heterocycles. The van der Waals surface area contributed by atoms with Crippen molar-refractivity contribution in [1.82, 2.24) is 0 Å². The van der Waals surface area contributed by atoms with E-state index in [-0.39, 0.29) is 27.8 Å². The van der Waals surface area contributed by atoms with Gasteiger partial charge in [-0.25, -0.2) is 8.78 Å². The molecule has 0 aliphatic heterocycles. The highest BCUT2D eigenvalue weighted by Gasteiger charge is 2.15. The zero-order valence-corrected chi connectivity index (χ0v) is 9.93. The molecule has 0 bridgehead atoms.